The fraction of sp³-hybridized carbons (Fsp3) is 0.308. The summed E-state index contributed by atoms with van der Waals surface area (Å²) in [4.78, 5) is 37.0. The van der Waals surface area contributed by atoms with E-state index in [2.05, 4.69) is 15.1 Å². The number of ether oxygens (including phenoxy) is 2. The van der Waals surface area contributed by atoms with Gasteiger partial charge in [-0.15, -0.1) is 11.3 Å². The van der Waals surface area contributed by atoms with Crippen molar-refractivity contribution >= 4 is 50.6 Å². The van der Waals surface area contributed by atoms with Crippen molar-refractivity contribution in [2.45, 2.75) is 46.3 Å². The van der Waals surface area contributed by atoms with Crippen LogP contribution in [-0.2, 0) is 27.4 Å². The normalized spacial score (nSPS) is 11.9. The minimum atomic E-state index is -1.19. The maximum atomic E-state index is 13.4. The highest BCUT2D eigenvalue weighted by Gasteiger charge is 2.27. The van der Waals surface area contributed by atoms with Crippen molar-refractivity contribution in [1.29, 1.82) is 0 Å². The molecule has 188 valence electrons. The van der Waals surface area contributed by atoms with Gasteiger partial charge in [-0.25, -0.2) is 14.6 Å². The van der Waals surface area contributed by atoms with Crippen LogP contribution in [0.3, 0.4) is 0 Å². The van der Waals surface area contributed by atoms with E-state index in [0.717, 1.165) is 32.0 Å². The van der Waals surface area contributed by atoms with Gasteiger partial charge in [0.25, 0.3) is 0 Å². The molecule has 0 atom stereocenters. The number of nitrogens with zero attached hydrogens (tertiary/aromatic N) is 2. The van der Waals surface area contributed by atoms with Crippen LogP contribution in [0.15, 0.2) is 41.6 Å². The largest absolute Gasteiger partial charge is 0.485 e. The topological polar surface area (TPSA) is 123 Å². The van der Waals surface area contributed by atoms with Crippen molar-refractivity contribution in [3.8, 4) is 5.75 Å². The lowest BCUT2D eigenvalue weighted by atomic mass is 10.0. The number of oxime groups is 1. The maximum absolute atomic E-state index is 13.4. The number of hydrogen-bond acceptors (Lipinski definition) is 8. The van der Waals surface area contributed by atoms with E-state index in [4.69, 9.17) is 19.4 Å². The van der Waals surface area contributed by atoms with Crippen LogP contribution < -0.4 is 4.74 Å². The first kappa shape index (κ1) is 25.2. The first-order chi connectivity index (χ1) is 17.1. The second-order valence-corrected chi connectivity index (χ2v) is 10.2. The SMILES string of the molecule is Cc1[nH]c2ccc(OCc3nc4ccccc4s3)c(C(=O)OC(C)(C)C)c2c1CCON=CC(=O)O. The zero-order chi connectivity index (χ0) is 25.9. The smallest absolute Gasteiger partial charge is 0.350 e. The molecule has 2 aromatic carbocycles. The molecule has 0 aliphatic heterocycles. The fourth-order valence-corrected chi connectivity index (χ4v) is 4.72. The summed E-state index contributed by atoms with van der Waals surface area (Å²) in [5.41, 5.74) is 2.95. The molecule has 2 heterocycles. The molecule has 0 unspecified atom stereocenters. The Labute approximate surface area is 211 Å². The summed E-state index contributed by atoms with van der Waals surface area (Å²) in [6.07, 6.45) is 1.07. The minimum absolute atomic E-state index is 0.127. The van der Waals surface area contributed by atoms with Gasteiger partial charge in [-0.2, -0.15) is 0 Å². The van der Waals surface area contributed by atoms with Crippen LogP contribution in [0.4, 0.5) is 0 Å². The molecule has 0 saturated heterocycles. The van der Waals surface area contributed by atoms with Gasteiger partial charge in [0.05, 0.1) is 10.2 Å². The summed E-state index contributed by atoms with van der Waals surface area (Å²) in [7, 11) is 0. The molecule has 2 aromatic heterocycles. The number of aryl methyl sites for hydroxylation is 1. The van der Waals surface area contributed by atoms with Crippen molar-refractivity contribution in [3.63, 3.8) is 0 Å². The molecular formula is C26H27N3O6S. The van der Waals surface area contributed by atoms with E-state index in [1.807, 2.05) is 58.0 Å². The van der Waals surface area contributed by atoms with Crippen LogP contribution in [0.25, 0.3) is 21.1 Å². The second kappa shape index (κ2) is 10.4. The summed E-state index contributed by atoms with van der Waals surface area (Å²) in [5, 5.41) is 13.6. The van der Waals surface area contributed by atoms with Crippen LogP contribution in [0.5, 0.6) is 5.75 Å². The van der Waals surface area contributed by atoms with Gasteiger partial charge >= 0.3 is 11.9 Å². The number of carbonyl (C=O) groups excluding carboxylic acids is 1. The number of aromatic nitrogens is 2. The Hall–Kier alpha value is -3.92. The summed E-state index contributed by atoms with van der Waals surface area (Å²) >= 11 is 1.54. The van der Waals surface area contributed by atoms with E-state index in [-0.39, 0.29) is 13.2 Å². The third-order valence-electron chi connectivity index (χ3n) is 5.22. The lowest BCUT2D eigenvalue weighted by Crippen LogP contribution is -2.24. The molecule has 0 saturated carbocycles. The van der Waals surface area contributed by atoms with Crippen LogP contribution in [0, 0.1) is 6.92 Å². The first-order valence-corrected chi connectivity index (χ1v) is 12.2. The molecule has 0 radical (unpaired) electrons. The molecule has 0 aliphatic rings. The Balaban J connectivity index is 1.69. The Bertz CT molecular complexity index is 1410. The summed E-state index contributed by atoms with van der Waals surface area (Å²) < 4.78 is 12.9. The number of benzene rings is 2. The Morgan fingerprint density at radius 1 is 1.19 bits per heavy atom. The number of carboxylic acid groups (broad SMARTS) is 1. The summed E-state index contributed by atoms with van der Waals surface area (Å²) in [6, 6.07) is 11.5. The van der Waals surface area contributed by atoms with Gasteiger partial charge in [0.2, 0.25) is 0 Å². The van der Waals surface area contributed by atoms with Crippen molar-refractivity contribution in [1.82, 2.24) is 9.97 Å². The van der Waals surface area contributed by atoms with E-state index in [1.54, 1.807) is 6.07 Å². The third-order valence-corrected chi connectivity index (χ3v) is 6.23. The van der Waals surface area contributed by atoms with Gasteiger partial charge in [0.1, 0.15) is 35.1 Å². The van der Waals surface area contributed by atoms with Crippen molar-refractivity contribution in [2.24, 2.45) is 5.16 Å². The molecule has 36 heavy (non-hydrogen) atoms. The van der Waals surface area contributed by atoms with Crippen LogP contribution in [-0.4, -0.2) is 45.4 Å². The number of rotatable bonds is 9. The van der Waals surface area contributed by atoms with Gasteiger partial charge in [0, 0.05) is 23.0 Å². The predicted molar refractivity (Wildman–Crippen MR) is 138 cm³/mol. The number of H-pyrrole nitrogens is 1. The predicted octanol–water partition coefficient (Wildman–Crippen LogP) is 5.25. The highest BCUT2D eigenvalue weighted by atomic mass is 32.1. The van der Waals surface area contributed by atoms with Gasteiger partial charge in [-0.05, 0) is 57.5 Å². The molecule has 0 bridgehead atoms. The van der Waals surface area contributed by atoms with Gasteiger partial charge in [-0.1, -0.05) is 17.3 Å². The minimum Gasteiger partial charge on any atom is -0.485 e. The average Bonchev–Trinajstić information content (AvgIpc) is 3.35. The first-order valence-electron chi connectivity index (χ1n) is 11.4. The zero-order valence-corrected chi connectivity index (χ0v) is 21.3. The molecule has 0 aliphatic carbocycles. The molecule has 4 rings (SSSR count). The maximum Gasteiger partial charge on any atom is 0.350 e. The van der Waals surface area contributed by atoms with Gasteiger partial charge in [0.15, 0.2) is 6.21 Å². The van der Waals surface area contributed by atoms with Gasteiger partial charge in [-0.3, -0.25) is 0 Å². The van der Waals surface area contributed by atoms with E-state index in [0.29, 0.717) is 29.3 Å². The average molecular weight is 510 g/mol. The number of para-hydroxylation sites is 1. The zero-order valence-electron chi connectivity index (χ0n) is 20.5. The molecular weight excluding hydrogens is 482 g/mol. The molecule has 4 aromatic rings. The number of hydrogen-bond donors (Lipinski definition) is 2. The molecule has 0 amide bonds. The van der Waals surface area contributed by atoms with Crippen molar-refractivity contribution < 1.29 is 29.0 Å². The Kier molecular flexibility index (Phi) is 7.25. The van der Waals surface area contributed by atoms with Gasteiger partial charge < -0.3 is 24.4 Å². The molecule has 0 fully saturated rings. The number of nitrogens with one attached hydrogen (secondary N) is 1. The van der Waals surface area contributed by atoms with Crippen molar-refractivity contribution in [2.75, 3.05) is 6.61 Å². The highest BCUT2D eigenvalue weighted by Crippen LogP contribution is 2.35. The van der Waals surface area contributed by atoms with E-state index in [1.165, 1.54) is 11.3 Å². The number of esters is 1. The number of aromatic amines is 1. The number of thiazole rings is 1. The Morgan fingerprint density at radius 3 is 2.69 bits per heavy atom. The summed E-state index contributed by atoms with van der Waals surface area (Å²) in [6.45, 7) is 7.66. The number of aliphatic carboxylic acids is 1. The van der Waals surface area contributed by atoms with Crippen LogP contribution in [0.1, 0.15) is 47.4 Å². The quantitative estimate of drug-likeness (QED) is 0.137. The second-order valence-electron chi connectivity index (χ2n) is 9.11. The fourth-order valence-electron chi connectivity index (χ4n) is 3.83. The van der Waals surface area contributed by atoms with Crippen LogP contribution in [0.2, 0.25) is 0 Å². The van der Waals surface area contributed by atoms with Crippen molar-refractivity contribution in [3.05, 3.63) is 58.2 Å². The molecule has 2 N–H and O–H groups in total. The van der Waals surface area contributed by atoms with E-state index >= 15 is 0 Å². The molecule has 0 spiro atoms. The van der Waals surface area contributed by atoms with Crippen LogP contribution >= 0.6 is 11.3 Å². The summed E-state index contributed by atoms with van der Waals surface area (Å²) in [5.74, 6) is -1.31. The monoisotopic (exact) mass is 509 g/mol. The number of carboxylic acids is 1. The molecule has 10 heteroatoms. The van der Waals surface area contributed by atoms with E-state index < -0.39 is 17.5 Å². The third kappa shape index (κ3) is 5.83. The highest BCUT2D eigenvalue weighted by molar-refractivity contribution is 7.18. The lowest BCUT2D eigenvalue weighted by Gasteiger charge is -2.21. The Morgan fingerprint density at radius 2 is 1.97 bits per heavy atom. The molecule has 9 nitrogen and oxygen atoms in total. The number of fused-ring (bicyclic) bond motifs is 2. The number of carbonyl (C=O) groups is 2. The lowest BCUT2D eigenvalue weighted by molar-refractivity contribution is -0.129. The standard InChI is InChI=1S/C26H27N3O6S/c1-15-16(11-12-34-27-13-22(30)31)23-18(28-15)9-10-19(24(23)25(32)35-26(2,3)4)33-14-21-29-17-7-5-6-8-20(17)36-21/h5-10,13,28H,11-12,14H2,1-4H3,(H,30,31). The van der Waals surface area contributed by atoms with E-state index in [9.17, 15) is 9.59 Å².